The van der Waals surface area contributed by atoms with Crippen molar-refractivity contribution >= 4 is 5.97 Å². The van der Waals surface area contributed by atoms with Crippen molar-refractivity contribution in [1.82, 2.24) is 0 Å². The van der Waals surface area contributed by atoms with Crippen molar-refractivity contribution in [2.75, 3.05) is 6.61 Å². The van der Waals surface area contributed by atoms with Gasteiger partial charge < -0.3 is 9.84 Å². The van der Waals surface area contributed by atoms with Crippen LogP contribution in [-0.2, 0) is 15.1 Å². The van der Waals surface area contributed by atoms with Crippen LogP contribution in [0.5, 0.6) is 0 Å². The fraction of sp³-hybridized carbons (Fsp3) is 0.417. The molecule has 0 aliphatic heterocycles. The van der Waals surface area contributed by atoms with Crippen LogP contribution < -0.4 is 0 Å². The lowest BCUT2D eigenvalue weighted by Gasteiger charge is -2.31. The van der Waals surface area contributed by atoms with Crippen molar-refractivity contribution in [3.8, 4) is 0 Å². The number of rotatable bonds is 4. The summed E-state index contributed by atoms with van der Waals surface area (Å²) in [4.78, 5) is 11.1. The number of carbonyl (C=O) groups excluding carboxylic acids is 1. The Kier molecular flexibility index (Phi) is 4.19. The molecule has 0 heterocycles. The van der Waals surface area contributed by atoms with Crippen molar-refractivity contribution < 1.29 is 32.2 Å². The monoisotopic (exact) mass is 280 g/mol. The van der Waals surface area contributed by atoms with Crippen LogP contribution in [0.3, 0.4) is 0 Å². The van der Waals surface area contributed by atoms with Gasteiger partial charge in [-0.15, -0.1) is 0 Å². The average molecular weight is 280 g/mol. The molecule has 0 aliphatic rings. The third-order valence-corrected chi connectivity index (χ3v) is 2.60. The molecule has 1 unspecified atom stereocenters. The zero-order valence-electron chi connectivity index (χ0n) is 10.2. The number of halogens is 4. The molecule has 1 atom stereocenters. The van der Waals surface area contributed by atoms with Gasteiger partial charge in [-0.2, -0.15) is 8.78 Å². The molecule has 0 saturated heterocycles. The van der Waals surface area contributed by atoms with Gasteiger partial charge >= 0.3 is 11.9 Å². The molecule has 106 valence electrons. The van der Waals surface area contributed by atoms with E-state index in [-0.39, 0.29) is 6.61 Å². The maximum absolute atomic E-state index is 13.8. The molecule has 19 heavy (non-hydrogen) atoms. The van der Waals surface area contributed by atoms with Crippen molar-refractivity contribution in [3.05, 3.63) is 35.4 Å². The van der Waals surface area contributed by atoms with E-state index >= 15 is 0 Å². The van der Waals surface area contributed by atoms with Crippen LogP contribution in [0.15, 0.2) is 18.2 Å². The van der Waals surface area contributed by atoms with E-state index in [1.165, 1.54) is 6.92 Å². The SMILES string of the molecule is CCOC(=O)C(F)(F)C(C)(O)c1ccc(F)cc1F. The van der Waals surface area contributed by atoms with Gasteiger partial charge in [-0.1, -0.05) is 6.07 Å². The van der Waals surface area contributed by atoms with Crippen molar-refractivity contribution in [1.29, 1.82) is 0 Å². The van der Waals surface area contributed by atoms with E-state index in [4.69, 9.17) is 0 Å². The van der Waals surface area contributed by atoms with Gasteiger partial charge in [-0.25, -0.2) is 13.6 Å². The van der Waals surface area contributed by atoms with Gasteiger partial charge in [0, 0.05) is 11.6 Å². The molecular formula is C12H12F4O3. The quantitative estimate of drug-likeness (QED) is 0.680. The second kappa shape index (κ2) is 5.16. The normalized spacial score (nSPS) is 14.9. The highest BCUT2D eigenvalue weighted by molar-refractivity contribution is 5.79. The molecule has 0 radical (unpaired) electrons. The van der Waals surface area contributed by atoms with Crippen LogP contribution >= 0.6 is 0 Å². The summed E-state index contributed by atoms with van der Waals surface area (Å²) < 4.78 is 57.8. The topological polar surface area (TPSA) is 46.5 Å². The number of esters is 1. The Labute approximate surface area is 106 Å². The molecule has 7 heteroatoms. The van der Waals surface area contributed by atoms with Crippen LogP contribution in [0.1, 0.15) is 19.4 Å². The van der Waals surface area contributed by atoms with E-state index < -0.39 is 34.7 Å². The number of alkyl halides is 2. The van der Waals surface area contributed by atoms with Gasteiger partial charge in [0.05, 0.1) is 6.61 Å². The maximum Gasteiger partial charge on any atom is 0.380 e. The zero-order valence-corrected chi connectivity index (χ0v) is 10.2. The highest BCUT2D eigenvalue weighted by Gasteiger charge is 2.58. The summed E-state index contributed by atoms with van der Waals surface area (Å²) in [6, 6.07) is 1.69. The molecule has 3 nitrogen and oxygen atoms in total. The van der Waals surface area contributed by atoms with E-state index in [0.717, 1.165) is 0 Å². The summed E-state index contributed by atoms with van der Waals surface area (Å²) >= 11 is 0. The molecule has 1 N–H and O–H groups in total. The largest absolute Gasteiger partial charge is 0.461 e. The number of carbonyl (C=O) groups is 1. The Hall–Kier alpha value is -1.63. The standard InChI is InChI=1S/C12H12F4O3/c1-3-19-10(17)12(15,16)11(2,18)8-5-4-7(13)6-9(8)14/h4-6,18H,3H2,1-2H3. The first-order valence-electron chi connectivity index (χ1n) is 5.37. The van der Waals surface area contributed by atoms with Crippen molar-refractivity contribution in [3.63, 3.8) is 0 Å². The van der Waals surface area contributed by atoms with Crippen LogP contribution in [0.2, 0.25) is 0 Å². The second-order valence-electron chi connectivity index (χ2n) is 3.99. The molecule has 0 aromatic heterocycles. The number of aliphatic hydroxyl groups is 1. The molecule has 0 spiro atoms. The van der Waals surface area contributed by atoms with Gasteiger partial charge in [0.1, 0.15) is 11.6 Å². The first-order chi connectivity index (χ1) is 8.64. The van der Waals surface area contributed by atoms with Gasteiger partial charge in [0.2, 0.25) is 0 Å². The molecular weight excluding hydrogens is 268 g/mol. The average Bonchev–Trinajstić information content (AvgIpc) is 2.28. The number of ether oxygens (including phenoxy) is 1. The number of hydrogen-bond acceptors (Lipinski definition) is 3. The molecule has 1 aromatic rings. The lowest BCUT2D eigenvalue weighted by Crippen LogP contribution is -2.50. The van der Waals surface area contributed by atoms with Crippen molar-refractivity contribution in [2.24, 2.45) is 0 Å². The molecule has 0 saturated carbocycles. The summed E-state index contributed by atoms with van der Waals surface area (Å²) in [5.41, 5.74) is -4.05. The minimum Gasteiger partial charge on any atom is -0.461 e. The zero-order chi connectivity index (χ0) is 14.8. The Morgan fingerprint density at radius 1 is 1.37 bits per heavy atom. The minimum atomic E-state index is -4.37. The van der Waals surface area contributed by atoms with E-state index in [1.807, 2.05) is 0 Å². The smallest absolute Gasteiger partial charge is 0.380 e. The summed E-state index contributed by atoms with van der Waals surface area (Å²) in [7, 11) is 0. The minimum absolute atomic E-state index is 0.323. The van der Waals surface area contributed by atoms with Gasteiger partial charge in [0.15, 0.2) is 5.60 Å². The molecule has 1 rings (SSSR count). The molecule has 0 bridgehead atoms. The highest BCUT2D eigenvalue weighted by atomic mass is 19.3. The molecule has 0 aliphatic carbocycles. The van der Waals surface area contributed by atoms with Crippen LogP contribution in [0, 0.1) is 11.6 Å². The lowest BCUT2D eigenvalue weighted by molar-refractivity contribution is -0.213. The van der Waals surface area contributed by atoms with Crippen LogP contribution in [0.4, 0.5) is 17.6 Å². The lowest BCUT2D eigenvalue weighted by atomic mass is 9.88. The molecule has 0 amide bonds. The predicted octanol–water partition coefficient (Wildman–Crippen LogP) is 2.37. The summed E-state index contributed by atoms with van der Waals surface area (Å²) in [6.45, 7) is 1.54. The fourth-order valence-corrected chi connectivity index (χ4v) is 1.47. The summed E-state index contributed by atoms with van der Waals surface area (Å²) in [6.07, 6.45) is 0. The Morgan fingerprint density at radius 2 is 1.95 bits per heavy atom. The van der Waals surface area contributed by atoms with Gasteiger partial charge in [-0.05, 0) is 19.9 Å². The first-order valence-corrected chi connectivity index (χ1v) is 5.37. The van der Waals surface area contributed by atoms with E-state index in [1.54, 1.807) is 0 Å². The van der Waals surface area contributed by atoms with E-state index in [0.29, 0.717) is 25.1 Å². The van der Waals surface area contributed by atoms with Crippen LogP contribution in [0.25, 0.3) is 0 Å². The van der Waals surface area contributed by atoms with Gasteiger partial charge in [-0.3, -0.25) is 0 Å². The van der Waals surface area contributed by atoms with E-state index in [9.17, 15) is 27.5 Å². The van der Waals surface area contributed by atoms with Crippen LogP contribution in [-0.4, -0.2) is 23.6 Å². The third kappa shape index (κ3) is 2.70. The predicted molar refractivity (Wildman–Crippen MR) is 57.5 cm³/mol. The highest BCUT2D eigenvalue weighted by Crippen LogP contribution is 2.39. The fourth-order valence-electron chi connectivity index (χ4n) is 1.47. The Balaban J connectivity index is 3.25. The third-order valence-electron chi connectivity index (χ3n) is 2.60. The summed E-state index contributed by atoms with van der Waals surface area (Å²) in [5.74, 6) is -8.73. The Morgan fingerprint density at radius 3 is 2.42 bits per heavy atom. The van der Waals surface area contributed by atoms with Crippen molar-refractivity contribution in [2.45, 2.75) is 25.4 Å². The number of hydrogen-bond donors (Lipinski definition) is 1. The number of benzene rings is 1. The first kappa shape index (κ1) is 15.4. The van der Waals surface area contributed by atoms with Gasteiger partial charge in [0.25, 0.3) is 0 Å². The Bertz CT molecular complexity index is 486. The molecule has 0 fully saturated rings. The second-order valence-corrected chi connectivity index (χ2v) is 3.99. The molecule has 1 aromatic carbocycles. The van der Waals surface area contributed by atoms with E-state index in [2.05, 4.69) is 4.74 Å². The maximum atomic E-state index is 13.8. The summed E-state index contributed by atoms with van der Waals surface area (Å²) in [5, 5.41) is 9.77.